The maximum atomic E-state index is 12.8. The van der Waals surface area contributed by atoms with Gasteiger partial charge in [-0.2, -0.15) is 0 Å². The van der Waals surface area contributed by atoms with E-state index in [1.54, 1.807) is 13.0 Å². The lowest BCUT2D eigenvalue weighted by atomic mass is 10.1. The lowest BCUT2D eigenvalue weighted by molar-refractivity contribution is -0.384. The van der Waals surface area contributed by atoms with Crippen LogP contribution in [0.3, 0.4) is 0 Å². The fraction of sp³-hybridized carbons (Fsp3) is 0.235. The molecule has 0 aliphatic carbocycles. The van der Waals surface area contributed by atoms with Crippen LogP contribution in [-0.2, 0) is 16.6 Å². The molecule has 0 unspecified atom stereocenters. The third kappa shape index (κ3) is 4.62. The van der Waals surface area contributed by atoms with Crippen LogP contribution in [-0.4, -0.2) is 38.2 Å². The van der Waals surface area contributed by atoms with Crippen LogP contribution in [0.15, 0.2) is 41.3 Å². The topological polar surface area (TPSA) is 110 Å². The van der Waals surface area contributed by atoms with E-state index in [1.165, 1.54) is 49.3 Å². The van der Waals surface area contributed by atoms with Gasteiger partial charge in [0.2, 0.25) is 10.0 Å². The summed E-state index contributed by atoms with van der Waals surface area (Å²) in [5.41, 5.74) is 1.11. The summed E-state index contributed by atoms with van der Waals surface area (Å²) in [6, 6.07) is 8.25. The highest BCUT2D eigenvalue weighted by atomic mass is 35.5. The third-order valence-electron chi connectivity index (χ3n) is 4.01. The van der Waals surface area contributed by atoms with E-state index in [9.17, 15) is 23.3 Å². The summed E-state index contributed by atoms with van der Waals surface area (Å²) in [6.45, 7) is 1.72. The van der Waals surface area contributed by atoms with E-state index in [2.05, 4.69) is 4.72 Å². The summed E-state index contributed by atoms with van der Waals surface area (Å²) in [5.74, 6) is -0.428. The van der Waals surface area contributed by atoms with Gasteiger partial charge in [0.15, 0.2) is 0 Å². The Hall–Kier alpha value is -2.49. The second-order valence-corrected chi connectivity index (χ2v) is 8.17. The highest BCUT2D eigenvalue weighted by Gasteiger charge is 2.20. The van der Waals surface area contributed by atoms with Gasteiger partial charge >= 0.3 is 0 Å². The van der Waals surface area contributed by atoms with Crippen molar-refractivity contribution in [1.29, 1.82) is 0 Å². The van der Waals surface area contributed by atoms with Gasteiger partial charge < -0.3 is 4.90 Å². The van der Waals surface area contributed by atoms with Crippen LogP contribution in [0.5, 0.6) is 0 Å². The Bertz CT molecular complexity index is 1010. The molecule has 0 heterocycles. The molecular weight excluding hydrogens is 394 g/mol. The second-order valence-electron chi connectivity index (χ2n) is 5.88. The van der Waals surface area contributed by atoms with Crippen molar-refractivity contribution in [3.63, 3.8) is 0 Å². The van der Waals surface area contributed by atoms with Gasteiger partial charge in [-0.15, -0.1) is 0 Å². The Labute approximate surface area is 162 Å². The summed E-state index contributed by atoms with van der Waals surface area (Å²) in [6.07, 6.45) is 0. The minimum atomic E-state index is -3.69. The van der Waals surface area contributed by atoms with Gasteiger partial charge in [0.25, 0.3) is 11.6 Å². The molecule has 2 aromatic rings. The Kier molecular flexibility index (Phi) is 6.19. The number of nitro benzene ring substituents is 1. The molecule has 1 amide bonds. The molecule has 1 N–H and O–H groups in total. The number of nitrogens with one attached hydrogen (secondary N) is 1. The van der Waals surface area contributed by atoms with E-state index in [0.717, 1.165) is 0 Å². The highest BCUT2D eigenvalue weighted by molar-refractivity contribution is 7.89. The average Bonchev–Trinajstić information content (AvgIpc) is 2.62. The SMILES string of the molecule is CNS(=O)(=O)c1ccc(C)c(C(=O)N(C)Cc2cc([N+](=O)[O-])ccc2Cl)c1. The molecule has 0 saturated carbocycles. The number of benzene rings is 2. The highest BCUT2D eigenvalue weighted by Crippen LogP contribution is 2.24. The fourth-order valence-electron chi connectivity index (χ4n) is 2.45. The van der Waals surface area contributed by atoms with Crippen LogP contribution in [0.4, 0.5) is 5.69 Å². The molecule has 0 bridgehead atoms. The van der Waals surface area contributed by atoms with E-state index in [0.29, 0.717) is 16.1 Å². The third-order valence-corrected chi connectivity index (χ3v) is 5.79. The molecule has 0 atom stereocenters. The van der Waals surface area contributed by atoms with Crippen LogP contribution < -0.4 is 4.72 Å². The van der Waals surface area contributed by atoms with E-state index in [1.807, 2.05) is 0 Å². The van der Waals surface area contributed by atoms with E-state index >= 15 is 0 Å². The first-order valence-corrected chi connectivity index (χ1v) is 9.65. The van der Waals surface area contributed by atoms with Crippen LogP contribution in [0.2, 0.25) is 5.02 Å². The molecule has 0 spiro atoms. The molecule has 8 nitrogen and oxygen atoms in total. The Morgan fingerprint density at radius 3 is 2.52 bits per heavy atom. The summed E-state index contributed by atoms with van der Waals surface area (Å²) in [4.78, 5) is 24.5. The van der Waals surface area contributed by atoms with Gasteiger partial charge in [0, 0.05) is 36.3 Å². The first-order chi connectivity index (χ1) is 12.6. The predicted octanol–water partition coefficient (Wildman–Crippen LogP) is 2.74. The number of rotatable bonds is 6. The van der Waals surface area contributed by atoms with Crippen LogP contribution in [0.1, 0.15) is 21.5 Å². The number of aryl methyl sites for hydroxylation is 1. The largest absolute Gasteiger partial charge is 0.337 e. The molecule has 0 radical (unpaired) electrons. The molecule has 0 saturated heterocycles. The summed E-state index contributed by atoms with van der Waals surface area (Å²) < 4.78 is 26.2. The summed E-state index contributed by atoms with van der Waals surface area (Å²) >= 11 is 6.08. The average molecular weight is 412 g/mol. The Balaban J connectivity index is 2.35. The molecule has 0 fully saturated rings. The standard InChI is InChI=1S/C17H18ClN3O5S/c1-11-4-6-14(27(25,26)19-2)9-15(11)17(22)20(3)10-12-8-13(21(23)24)5-7-16(12)18/h4-9,19H,10H2,1-3H3. The van der Waals surface area contributed by atoms with Crippen LogP contribution in [0.25, 0.3) is 0 Å². The second kappa shape index (κ2) is 8.03. The van der Waals surface area contributed by atoms with Crippen molar-refractivity contribution in [2.24, 2.45) is 0 Å². The van der Waals surface area contributed by atoms with Crippen molar-refractivity contribution in [2.45, 2.75) is 18.4 Å². The molecule has 27 heavy (non-hydrogen) atoms. The summed E-state index contributed by atoms with van der Waals surface area (Å²) in [7, 11) is -0.899. The van der Waals surface area contributed by atoms with E-state index in [-0.39, 0.29) is 22.7 Å². The summed E-state index contributed by atoms with van der Waals surface area (Å²) in [5, 5.41) is 11.2. The molecule has 2 aromatic carbocycles. The van der Waals surface area contributed by atoms with Crippen molar-refractivity contribution in [1.82, 2.24) is 9.62 Å². The van der Waals surface area contributed by atoms with Crippen molar-refractivity contribution in [3.8, 4) is 0 Å². The zero-order valence-electron chi connectivity index (χ0n) is 14.9. The minimum Gasteiger partial charge on any atom is -0.337 e. The van der Waals surface area contributed by atoms with E-state index in [4.69, 9.17) is 11.6 Å². The molecule has 10 heteroatoms. The lowest BCUT2D eigenvalue weighted by Gasteiger charge is -2.19. The molecule has 0 aromatic heterocycles. The smallest absolute Gasteiger partial charge is 0.269 e. The number of amides is 1. The number of non-ortho nitro benzene ring substituents is 1. The van der Waals surface area contributed by atoms with Crippen molar-refractivity contribution >= 4 is 33.2 Å². The minimum absolute atomic E-state index is 0.0271. The molecule has 0 aliphatic heterocycles. The Morgan fingerprint density at radius 1 is 1.26 bits per heavy atom. The predicted molar refractivity (Wildman–Crippen MR) is 101 cm³/mol. The molecule has 144 valence electrons. The number of halogens is 1. The number of nitro groups is 1. The van der Waals surface area contributed by atoms with Gasteiger partial charge in [-0.3, -0.25) is 14.9 Å². The van der Waals surface area contributed by atoms with Crippen molar-refractivity contribution in [3.05, 3.63) is 68.2 Å². The zero-order valence-corrected chi connectivity index (χ0v) is 16.5. The van der Waals surface area contributed by atoms with Crippen molar-refractivity contribution < 1.29 is 18.1 Å². The first kappa shape index (κ1) is 20.8. The van der Waals surface area contributed by atoms with Crippen LogP contribution in [0, 0.1) is 17.0 Å². The number of hydrogen-bond acceptors (Lipinski definition) is 5. The number of sulfonamides is 1. The number of nitrogens with zero attached hydrogens (tertiary/aromatic N) is 2. The Morgan fingerprint density at radius 2 is 1.93 bits per heavy atom. The zero-order chi connectivity index (χ0) is 20.4. The first-order valence-electron chi connectivity index (χ1n) is 7.79. The maximum absolute atomic E-state index is 12.8. The van der Waals surface area contributed by atoms with Gasteiger partial charge in [0.1, 0.15) is 0 Å². The van der Waals surface area contributed by atoms with Gasteiger partial charge in [-0.25, -0.2) is 13.1 Å². The maximum Gasteiger partial charge on any atom is 0.269 e. The number of hydrogen-bond donors (Lipinski definition) is 1. The molecular formula is C17H18ClN3O5S. The number of carbonyl (C=O) groups is 1. The fourth-order valence-corrected chi connectivity index (χ4v) is 3.38. The molecule has 0 aliphatic rings. The number of carbonyl (C=O) groups excluding carboxylic acids is 1. The van der Waals surface area contributed by atoms with E-state index < -0.39 is 20.9 Å². The quantitative estimate of drug-likeness (QED) is 0.580. The van der Waals surface area contributed by atoms with Gasteiger partial charge in [-0.1, -0.05) is 17.7 Å². The van der Waals surface area contributed by atoms with Crippen molar-refractivity contribution in [2.75, 3.05) is 14.1 Å². The van der Waals surface area contributed by atoms with Gasteiger partial charge in [-0.05, 0) is 43.3 Å². The monoisotopic (exact) mass is 411 g/mol. The molecule has 2 rings (SSSR count). The lowest BCUT2D eigenvalue weighted by Crippen LogP contribution is -2.27. The normalized spacial score (nSPS) is 11.3. The van der Waals surface area contributed by atoms with Gasteiger partial charge in [0.05, 0.1) is 9.82 Å². The van der Waals surface area contributed by atoms with Crippen LogP contribution >= 0.6 is 11.6 Å².